The molecule has 0 bridgehead atoms. The quantitative estimate of drug-likeness (QED) is 0.626. The number of primary amides is 2. The molecule has 4 N–H and O–H groups in total. The molecule has 6 nitrogen and oxygen atoms in total. The molecule has 0 heterocycles. The molecule has 0 saturated carbocycles. The maximum atomic E-state index is 12.2. The largest absolute Gasteiger partial charge is 0.497 e. The molecule has 0 spiro atoms. The van der Waals surface area contributed by atoms with Crippen LogP contribution in [0.4, 0.5) is 0 Å². The minimum atomic E-state index is -1.39. The van der Waals surface area contributed by atoms with Crippen LogP contribution >= 0.6 is 0 Å². The molecule has 144 valence electrons. The summed E-state index contributed by atoms with van der Waals surface area (Å²) in [6.45, 7) is 0. The minimum Gasteiger partial charge on any atom is -0.497 e. The first kappa shape index (κ1) is 20.3. The highest BCUT2D eigenvalue weighted by molar-refractivity contribution is 6.03. The van der Waals surface area contributed by atoms with Crippen LogP contribution in [0.15, 0.2) is 48.5 Å². The van der Waals surface area contributed by atoms with E-state index in [0.29, 0.717) is 12.8 Å². The molecule has 0 unspecified atom stereocenters. The Balaban J connectivity index is 2.12. The molecule has 0 aromatic heterocycles. The highest BCUT2D eigenvalue weighted by atomic mass is 16.5. The van der Waals surface area contributed by atoms with Gasteiger partial charge in [0.15, 0.2) is 0 Å². The molecule has 2 aromatic rings. The monoisotopic (exact) mass is 370 g/mol. The topological polar surface area (TPSA) is 105 Å². The van der Waals surface area contributed by atoms with Crippen LogP contribution in [0, 0.1) is 5.41 Å². The highest BCUT2D eigenvalue weighted by Gasteiger charge is 2.42. The number of hydrogen-bond donors (Lipinski definition) is 2. The summed E-state index contributed by atoms with van der Waals surface area (Å²) in [5, 5.41) is 0. The van der Waals surface area contributed by atoms with Gasteiger partial charge in [0.25, 0.3) is 0 Å². The summed E-state index contributed by atoms with van der Waals surface area (Å²) in [5.41, 5.74) is 11.8. The first-order valence-electron chi connectivity index (χ1n) is 8.77. The Hall–Kier alpha value is -3.02. The van der Waals surface area contributed by atoms with Crippen molar-refractivity contribution in [1.82, 2.24) is 0 Å². The van der Waals surface area contributed by atoms with Gasteiger partial charge in [-0.15, -0.1) is 0 Å². The predicted molar refractivity (Wildman–Crippen MR) is 103 cm³/mol. The van der Waals surface area contributed by atoms with E-state index in [4.69, 9.17) is 20.9 Å². The summed E-state index contributed by atoms with van der Waals surface area (Å²) in [4.78, 5) is 24.4. The van der Waals surface area contributed by atoms with Gasteiger partial charge in [-0.05, 0) is 61.1 Å². The van der Waals surface area contributed by atoms with Crippen molar-refractivity contribution < 1.29 is 19.1 Å². The van der Waals surface area contributed by atoms with Gasteiger partial charge in [0.2, 0.25) is 11.8 Å². The first-order valence-corrected chi connectivity index (χ1v) is 8.77. The van der Waals surface area contributed by atoms with Crippen molar-refractivity contribution in [2.24, 2.45) is 16.9 Å². The Labute approximate surface area is 159 Å². The lowest BCUT2D eigenvalue weighted by atomic mass is 9.76. The summed E-state index contributed by atoms with van der Waals surface area (Å²) in [6, 6.07) is 14.9. The molecule has 0 aliphatic carbocycles. The third-order valence-corrected chi connectivity index (χ3v) is 4.94. The second-order valence-corrected chi connectivity index (χ2v) is 6.51. The number of hydrogen-bond acceptors (Lipinski definition) is 4. The van der Waals surface area contributed by atoms with Crippen molar-refractivity contribution in [3.63, 3.8) is 0 Å². The molecule has 6 heteroatoms. The molecule has 0 aliphatic heterocycles. The Morgan fingerprint density at radius 1 is 0.741 bits per heavy atom. The Kier molecular flexibility index (Phi) is 6.82. The zero-order valence-corrected chi connectivity index (χ0v) is 15.7. The van der Waals surface area contributed by atoms with Crippen molar-refractivity contribution in [1.29, 1.82) is 0 Å². The SMILES string of the molecule is COc1ccc(CCC(CCc2ccc(OC)cc2)(C(N)=O)C(N)=O)cc1. The second-order valence-electron chi connectivity index (χ2n) is 6.51. The van der Waals surface area contributed by atoms with Crippen molar-refractivity contribution >= 4 is 11.8 Å². The van der Waals surface area contributed by atoms with Crippen LogP contribution in [0.1, 0.15) is 24.0 Å². The van der Waals surface area contributed by atoms with E-state index in [9.17, 15) is 9.59 Å². The molecule has 2 aromatic carbocycles. The maximum Gasteiger partial charge on any atom is 0.233 e. The summed E-state index contributed by atoms with van der Waals surface area (Å²) in [7, 11) is 3.19. The van der Waals surface area contributed by atoms with E-state index in [1.54, 1.807) is 14.2 Å². The molecular formula is C21H26N2O4. The summed E-state index contributed by atoms with van der Waals surface area (Å²) in [6.07, 6.45) is 1.55. The zero-order chi connectivity index (χ0) is 19.9. The van der Waals surface area contributed by atoms with Gasteiger partial charge < -0.3 is 20.9 Å². The van der Waals surface area contributed by atoms with Crippen LogP contribution < -0.4 is 20.9 Å². The highest BCUT2D eigenvalue weighted by Crippen LogP contribution is 2.30. The van der Waals surface area contributed by atoms with Gasteiger partial charge in [0.05, 0.1) is 14.2 Å². The van der Waals surface area contributed by atoms with Crippen LogP contribution in [0.2, 0.25) is 0 Å². The Morgan fingerprint density at radius 2 is 1.07 bits per heavy atom. The first-order chi connectivity index (χ1) is 12.9. The van der Waals surface area contributed by atoms with Gasteiger partial charge in [-0.3, -0.25) is 9.59 Å². The normalized spacial score (nSPS) is 11.0. The van der Waals surface area contributed by atoms with Crippen molar-refractivity contribution in [2.45, 2.75) is 25.7 Å². The number of carbonyl (C=O) groups is 2. The summed E-state index contributed by atoms with van der Waals surface area (Å²) >= 11 is 0. The molecule has 0 fully saturated rings. The smallest absolute Gasteiger partial charge is 0.233 e. The van der Waals surface area contributed by atoms with E-state index in [1.165, 1.54) is 0 Å². The van der Waals surface area contributed by atoms with E-state index in [0.717, 1.165) is 22.6 Å². The third-order valence-electron chi connectivity index (χ3n) is 4.94. The van der Waals surface area contributed by atoms with Gasteiger partial charge in [0.1, 0.15) is 16.9 Å². The van der Waals surface area contributed by atoms with Crippen molar-refractivity contribution in [3.05, 3.63) is 59.7 Å². The number of ether oxygens (including phenoxy) is 2. The number of methoxy groups -OCH3 is 2. The lowest BCUT2D eigenvalue weighted by molar-refractivity contribution is -0.140. The van der Waals surface area contributed by atoms with E-state index in [1.807, 2.05) is 48.5 Å². The molecule has 27 heavy (non-hydrogen) atoms. The van der Waals surface area contributed by atoms with E-state index in [2.05, 4.69) is 0 Å². The van der Waals surface area contributed by atoms with Gasteiger partial charge >= 0.3 is 0 Å². The van der Waals surface area contributed by atoms with Crippen LogP contribution in [0.3, 0.4) is 0 Å². The van der Waals surface area contributed by atoms with E-state index < -0.39 is 17.2 Å². The minimum absolute atomic E-state index is 0.264. The number of rotatable bonds is 10. The predicted octanol–water partition coefficient (Wildman–Crippen LogP) is 2.23. The average Bonchev–Trinajstić information content (AvgIpc) is 2.68. The van der Waals surface area contributed by atoms with Crippen molar-refractivity contribution in [2.75, 3.05) is 14.2 Å². The van der Waals surface area contributed by atoms with Crippen LogP contribution in [-0.4, -0.2) is 26.0 Å². The second kappa shape index (κ2) is 9.07. The van der Waals surface area contributed by atoms with Gasteiger partial charge in [-0.25, -0.2) is 0 Å². The molecular weight excluding hydrogens is 344 g/mol. The van der Waals surface area contributed by atoms with Crippen LogP contribution in [-0.2, 0) is 22.4 Å². The maximum absolute atomic E-state index is 12.2. The number of benzene rings is 2. The Bertz CT molecular complexity index is 702. The molecule has 2 rings (SSSR count). The lowest BCUT2D eigenvalue weighted by Gasteiger charge is -2.27. The average molecular weight is 370 g/mol. The molecule has 2 amide bonds. The summed E-state index contributed by atoms with van der Waals surface area (Å²) < 4.78 is 10.3. The van der Waals surface area contributed by atoms with Crippen LogP contribution in [0.25, 0.3) is 0 Å². The third kappa shape index (κ3) is 5.00. The fourth-order valence-electron chi connectivity index (χ4n) is 3.04. The number of aryl methyl sites for hydroxylation is 2. The van der Waals surface area contributed by atoms with Crippen molar-refractivity contribution in [3.8, 4) is 11.5 Å². The molecule has 0 saturated heterocycles. The fraction of sp³-hybridized carbons (Fsp3) is 0.333. The lowest BCUT2D eigenvalue weighted by Crippen LogP contribution is -2.48. The molecule has 0 atom stereocenters. The molecule has 0 aliphatic rings. The van der Waals surface area contributed by atoms with Gasteiger partial charge in [-0.2, -0.15) is 0 Å². The summed E-state index contributed by atoms with van der Waals surface area (Å²) in [5.74, 6) is 0.123. The van der Waals surface area contributed by atoms with Gasteiger partial charge in [-0.1, -0.05) is 24.3 Å². The Morgan fingerprint density at radius 3 is 1.33 bits per heavy atom. The van der Waals surface area contributed by atoms with Gasteiger partial charge in [0, 0.05) is 0 Å². The van der Waals surface area contributed by atoms with E-state index in [-0.39, 0.29) is 12.8 Å². The molecule has 0 radical (unpaired) electrons. The standard InChI is InChI=1S/C21H26N2O4/c1-26-17-7-3-15(4-8-17)11-13-21(19(22)24,20(23)25)14-12-16-5-9-18(27-2)10-6-16/h3-10H,11-14H2,1-2H3,(H2,22,24)(H2,23,25). The van der Waals surface area contributed by atoms with Crippen LogP contribution in [0.5, 0.6) is 11.5 Å². The zero-order valence-electron chi connectivity index (χ0n) is 15.7. The van der Waals surface area contributed by atoms with E-state index >= 15 is 0 Å². The number of amides is 2. The number of nitrogens with two attached hydrogens (primary N) is 2. The number of carbonyl (C=O) groups excluding carboxylic acids is 2. The fourth-order valence-corrected chi connectivity index (χ4v) is 3.04.